The summed E-state index contributed by atoms with van der Waals surface area (Å²) in [5, 5.41) is 15.4. The summed E-state index contributed by atoms with van der Waals surface area (Å²) in [7, 11) is 1.98. The van der Waals surface area contributed by atoms with E-state index in [-0.39, 0.29) is 24.0 Å². The highest BCUT2D eigenvalue weighted by atomic mass is 127. The van der Waals surface area contributed by atoms with Gasteiger partial charge >= 0.3 is 0 Å². The van der Waals surface area contributed by atoms with Gasteiger partial charge in [0.25, 0.3) is 0 Å². The Bertz CT molecular complexity index is 548. The van der Waals surface area contributed by atoms with Crippen LogP contribution in [0.5, 0.6) is 0 Å². The summed E-state index contributed by atoms with van der Waals surface area (Å²) in [6, 6.07) is 0.503. The van der Waals surface area contributed by atoms with Gasteiger partial charge in [-0.05, 0) is 39.0 Å². The molecule has 0 bridgehead atoms. The Kier molecular flexibility index (Phi) is 11.1. The molecule has 1 fully saturated rings. The normalized spacial score (nSPS) is 20.5. The number of aliphatic imine (C=N–C) groups is 1. The van der Waals surface area contributed by atoms with Gasteiger partial charge in [-0.2, -0.15) is 0 Å². The maximum Gasteiger partial charge on any atom is 0.191 e. The molecule has 0 spiro atoms. The van der Waals surface area contributed by atoms with Gasteiger partial charge in [-0.1, -0.05) is 19.8 Å². The van der Waals surface area contributed by atoms with Crippen LogP contribution in [0.3, 0.4) is 0 Å². The van der Waals surface area contributed by atoms with Gasteiger partial charge < -0.3 is 19.9 Å². The second kappa shape index (κ2) is 12.5. The Morgan fingerprint density at radius 2 is 2.15 bits per heavy atom. The van der Waals surface area contributed by atoms with E-state index in [0.29, 0.717) is 12.6 Å². The fourth-order valence-corrected chi connectivity index (χ4v) is 3.17. The van der Waals surface area contributed by atoms with Gasteiger partial charge in [0, 0.05) is 32.8 Å². The highest BCUT2D eigenvalue weighted by molar-refractivity contribution is 14.0. The number of hydrogen-bond acceptors (Lipinski definition) is 4. The number of aromatic nitrogens is 3. The van der Waals surface area contributed by atoms with E-state index in [9.17, 15) is 0 Å². The summed E-state index contributed by atoms with van der Waals surface area (Å²) >= 11 is 0. The largest absolute Gasteiger partial charge is 0.382 e. The van der Waals surface area contributed by atoms with Crippen molar-refractivity contribution in [3.63, 3.8) is 0 Å². The molecule has 2 unspecified atom stereocenters. The first kappa shape index (κ1) is 23.1. The van der Waals surface area contributed by atoms with Crippen molar-refractivity contribution in [2.24, 2.45) is 18.0 Å². The summed E-state index contributed by atoms with van der Waals surface area (Å²) in [5.74, 6) is 3.44. The number of nitrogens with zero attached hydrogens (tertiary/aromatic N) is 4. The fourth-order valence-electron chi connectivity index (χ4n) is 3.17. The molecule has 0 aliphatic heterocycles. The van der Waals surface area contributed by atoms with Crippen molar-refractivity contribution >= 4 is 29.9 Å². The van der Waals surface area contributed by atoms with Crippen LogP contribution in [-0.4, -0.2) is 46.5 Å². The summed E-state index contributed by atoms with van der Waals surface area (Å²) in [5.41, 5.74) is 0. The van der Waals surface area contributed by atoms with Crippen LogP contribution in [-0.2, 0) is 18.3 Å². The quantitative estimate of drug-likeness (QED) is 0.260. The maximum absolute atomic E-state index is 5.41. The lowest BCUT2D eigenvalue weighted by Gasteiger charge is -2.29. The fraction of sp³-hybridized carbons (Fsp3) is 0.833. The van der Waals surface area contributed by atoms with Gasteiger partial charge in [0.05, 0.1) is 0 Å². The second-order valence-corrected chi connectivity index (χ2v) is 6.98. The van der Waals surface area contributed by atoms with Crippen LogP contribution >= 0.6 is 24.0 Å². The van der Waals surface area contributed by atoms with Crippen LogP contribution < -0.4 is 10.6 Å². The molecule has 0 amide bonds. The van der Waals surface area contributed by atoms with E-state index in [2.05, 4.69) is 27.8 Å². The van der Waals surface area contributed by atoms with Crippen LogP contribution in [0.2, 0.25) is 0 Å². The SMILES string of the molecule is CCOCCCNC(=NCc1nnc(C)n1C)NC1CCCC(C)C1.I. The molecule has 26 heavy (non-hydrogen) atoms. The predicted molar refractivity (Wildman–Crippen MR) is 116 cm³/mol. The van der Waals surface area contributed by atoms with Crippen molar-refractivity contribution in [1.82, 2.24) is 25.4 Å². The summed E-state index contributed by atoms with van der Waals surface area (Å²) in [6.45, 7) is 9.24. The van der Waals surface area contributed by atoms with Gasteiger partial charge in [-0.15, -0.1) is 34.2 Å². The van der Waals surface area contributed by atoms with Crippen molar-refractivity contribution in [3.05, 3.63) is 11.6 Å². The molecular weight excluding hydrogens is 443 g/mol. The first-order chi connectivity index (χ1) is 12.1. The van der Waals surface area contributed by atoms with Crippen molar-refractivity contribution in [2.75, 3.05) is 19.8 Å². The lowest BCUT2D eigenvalue weighted by atomic mass is 9.87. The first-order valence-electron chi connectivity index (χ1n) is 9.57. The highest BCUT2D eigenvalue weighted by Gasteiger charge is 2.19. The number of halogens is 1. The lowest BCUT2D eigenvalue weighted by molar-refractivity contribution is 0.145. The van der Waals surface area contributed by atoms with E-state index in [1.54, 1.807) is 0 Å². The van der Waals surface area contributed by atoms with Crippen molar-refractivity contribution in [2.45, 2.75) is 65.5 Å². The molecule has 1 aliphatic rings. The number of ether oxygens (including phenoxy) is 1. The molecule has 1 aromatic heterocycles. The third-order valence-corrected chi connectivity index (χ3v) is 4.80. The minimum absolute atomic E-state index is 0. The van der Waals surface area contributed by atoms with Crippen LogP contribution in [0.4, 0.5) is 0 Å². The standard InChI is InChI=1S/C18H34N6O.HI/c1-5-25-11-7-10-19-18(21-16-9-6-8-14(2)12-16)20-13-17-23-22-15(3)24(17)4;/h14,16H,5-13H2,1-4H3,(H2,19,20,21);1H. The number of nitrogens with one attached hydrogen (secondary N) is 2. The third-order valence-electron chi connectivity index (χ3n) is 4.80. The second-order valence-electron chi connectivity index (χ2n) is 6.98. The predicted octanol–water partition coefficient (Wildman–Crippen LogP) is 2.78. The van der Waals surface area contributed by atoms with Crippen LogP contribution in [0.15, 0.2) is 4.99 Å². The highest BCUT2D eigenvalue weighted by Crippen LogP contribution is 2.23. The van der Waals surface area contributed by atoms with Gasteiger partial charge in [-0.25, -0.2) is 4.99 Å². The smallest absolute Gasteiger partial charge is 0.191 e. The minimum atomic E-state index is 0. The van der Waals surface area contributed by atoms with E-state index < -0.39 is 0 Å². The zero-order valence-electron chi connectivity index (χ0n) is 16.6. The van der Waals surface area contributed by atoms with Crippen molar-refractivity contribution < 1.29 is 4.74 Å². The van der Waals surface area contributed by atoms with E-state index in [4.69, 9.17) is 9.73 Å². The average molecular weight is 478 g/mol. The Morgan fingerprint density at radius 1 is 1.35 bits per heavy atom. The van der Waals surface area contributed by atoms with Gasteiger partial charge in [0.2, 0.25) is 0 Å². The lowest BCUT2D eigenvalue weighted by Crippen LogP contribution is -2.45. The van der Waals surface area contributed by atoms with Crippen molar-refractivity contribution in [1.29, 1.82) is 0 Å². The van der Waals surface area contributed by atoms with Crippen LogP contribution in [0.1, 0.15) is 57.6 Å². The third kappa shape index (κ3) is 7.77. The number of hydrogen-bond donors (Lipinski definition) is 2. The number of guanidine groups is 1. The Labute approximate surface area is 174 Å². The Balaban J connectivity index is 0.00000338. The molecule has 2 rings (SSSR count). The molecule has 2 atom stereocenters. The molecule has 8 heteroatoms. The zero-order chi connectivity index (χ0) is 18.1. The Hall–Kier alpha value is -0.900. The van der Waals surface area contributed by atoms with Crippen molar-refractivity contribution in [3.8, 4) is 0 Å². The summed E-state index contributed by atoms with van der Waals surface area (Å²) < 4.78 is 7.39. The Morgan fingerprint density at radius 3 is 2.81 bits per heavy atom. The molecule has 7 nitrogen and oxygen atoms in total. The molecule has 0 radical (unpaired) electrons. The van der Waals surface area contributed by atoms with E-state index in [1.165, 1.54) is 25.7 Å². The summed E-state index contributed by atoms with van der Waals surface area (Å²) in [4.78, 5) is 4.74. The zero-order valence-corrected chi connectivity index (χ0v) is 19.0. The van der Waals surface area contributed by atoms with E-state index >= 15 is 0 Å². The molecule has 150 valence electrons. The monoisotopic (exact) mass is 478 g/mol. The van der Waals surface area contributed by atoms with Crippen LogP contribution in [0.25, 0.3) is 0 Å². The number of rotatable bonds is 8. The van der Waals surface area contributed by atoms with Gasteiger partial charge in [0.15, 0.2) is 11.8 Å². The molecule has 1 aliphatic carbocycles. The van der Waals surface area contributed by atoms with Gasteiger partial charge in [0.1, 0.15) is 12.4 Å². The molecule has 1 saturated carbocycles. The van der Waals surface area contributed by atoms with Crippen LogP contribution in [0, 0.1) is 12.8 Å². The van der Waals surface area contributed by atoms with Gasteiger partial charge in [-0.3, -0.25) is 0 Å². The topological polar surface area (TPSA) is 76.4 Å². The maximum atomic E-state index is 5.41. The molecule has 2 N–H and O–H groups in total. The minimum Gasteiger partial charge on any atom is -0.382 e. The average Bonchev–Trinajstić information content (AvgIpc) is 2.91. The molecule has 0 aromatic carbocycles. The molecule has 1 aromatic rings. The number of aryl methyl sites for hydroxylation is 1. The molecule has 0 saturated heterocycles. The van der Waals surface area contributed by atoms with E-state index in [1.807, 2.05) is 25.5 Å². The molecular formula is C18H35IN6O. The van der Waals surface area contributed by atoms with E-state index in [0.717, 1.165) is 49.7 Å². The first-order valence-corrected chi connectivity index (χ1v) is 9.57. The summed E-state index contributed by atoms with van der Waals surface area (Å²) in [6.07, 6.45) is 6.03. The molecule has 1 heterocycles.